The van der Waals surface area contributed by atoms with Gasteiger partial charge in [-0.05, 0) is 31.2 Å². The van der Waals surface area contributed by atoms with Crippen molar-refractivity contribution < 1.29 is 21.9 Å². The van der Waals surface area contributed by atoms with Gasteiger partial charge in [0.05, 0.1) is 9.92 Å². The first-order chi connectivity index (χ1) is 11.4. The van der Waals surface area contributed by atoms with Gasteiger partial charge in [0.15, 0.2) is 0 Å². The molecule has 0 atom stereocenters. The van der Waals surface area contributed by atoms with Crippen LogP contribution < -0.4 is 14.8 Å². The summed E-state index contributed by atoms with van der Waals surface area (Å²) < 4.78 is 55.4. The van der Waals surface area contributed by atoms with Gasteiger partial charge in [0.25, 0.3) is 0 Å². The van der Waals surface area contributed by atoms with E-state index in [4.69, 9.17) is 11.6 Å². The number of piperazine rings is 1. The lowest BCUT2D eigenvalue weighted by Gasteiger charge is -2.27. The zero-order chi connectivity index (χ0) is 17.6. The van der Waals surface area contributed by atoms with Gasteiger partial charge in [-0.2, -0.15) is 8.78 Å². The molecule has 0 aliphatic carbocycles. The number of rotatable bonds is 8. The van der Waals surface area contributed by atoms with Crippen molar-refractivity contribution in [3.8, 4) is 5.75 Å². The van der Waals surface area contributed by atoms with Gasteiger partial charge >= 0.3 is 6.61 Å². The quantitative estimate of drug-likeness (QED) is 0.588. The lowest BCUT2D eigenvalue weighted by molar-refractivity contribution is -0.0498. The van der Waals surface area contributed by atoms with Crippen LogP contribution in [0.5, 0.6) is 5.75 Å². The molecule has 152 valence electrons. The van der Waals surface area contributed by atoms with E-state index in [1.807, 2.05) is 0 Å². The van der Waals surface area contributed by atoms with Crippen LogP contribution in [0.3, 0.4) is 0 Å². The SMILES string of the molecule is Cl.Cl.O=S(=O)(NCCCN1CCNCC1)c1ccc(OC(F)F)c(Cl)c1. The highest BCUT2D eigenvalue weighted by molar-refractivity contribution is 7.89. The van der Waals surface area contributed by atoms with Gasteiger partial charge in [-0.25, -0.2) is 13.1 Å². The Morgan fingerprint density at radius 1 is 1.27 bits per heavy atom. The zero-order valence-electron chi connectivity index (χ0n) is 13.8. The van der Waals surface area contributed by atoms with Crippen molar-refractivity contribution in [1.29, 1.82) is 0 Å². The van der Waals surface area contributed by atoms with Crippen molar-refractivity contribution >= 4 is 46.4 Å². The third-order valence-corrected chi connectivity index (χ3v) is 5.34. The Morgan fingerprint density at radius 2 is 1.92 bits per heavy atom. The monoisotopic (exact) mass is 455 g/mol. The van der Waals surface area contributed by atoms with Gasteiger partial charge in [0, 0.05) is 32.7 Å². The van der Waals surface area contributed by atoms with Crippen LogP contribution in [0.15, 0.2) is 23.1 Å². The summed E-state index contributed by atoms with van der Waals surface area (Å²) in [4.78, 5) is 2.18. The summed E-state index contributed by atoms with van der Waals surface area (Å²) in [6.45, 7) is 1.87. The highest BCUT2D eigenvalue weighted by atomic mass is 35.5. The normalized spacial score (nSPS) is 15.2. The maximum absolute atomic E-state index is 12.2. The molecule has 0 bridgehead atoms. The number of nitrogens with one attached hydrogen (secondary N) is 2. The predicted molar refractivity (Wildman–Crippen MR) is 102 cm³/mol. The molecule has 6 nitrogen and oxygen atoms in total. The first-order valence-electron chi connectivity index (χ1n) is 7.55. The fraction of sp³-hybridized carbons (Fsp3) is 0.571. The molecule has 12 heteroatoms. The molecule has 1 fully saturated rings. The van der Waals surface area contributed by atoms with Crippen LogP contribution in [0, 0.1) is 0 Å². The first kappa shape index (κ1) is 25.6. The standard InChI is InChI=1S/C14H20ClF2N3O3S.2ClH/c15-12-10-11(2-3-13(12)23-14(16)17)24(21,22)19-4-1-7-20-8-5-18-6-9-20;;/h2-3,10,14,18-19H,1,4-9H2;2*1H. The van der Waals surface area contributed by atoms with Crippen LogP contribution in [0.4, 0.5) is 8.78 Å². The van der Waals surface area contributed by atoms with Crippen molar-refractivity contribution in [3.05, 3.63) is 23.2 Å². The number of sulfonamides is 1. The van der Waals surface area contributed by atoms with Crippen LogP contribution in [0.1, 0.15) is 6.42 Å². The number of hydrogen-bond acceptors (Lipinski definition) is 5. The smallest absolute Gasteiger partial charge is 0.387 e. The van der Waals surface area contributed by atoms with E-state index in [0.717, 1.165) is 44.9 Å². The average Bonchev–Trinajstić information content (AvgIpc) is 2.54. The summed E-state index contributed by atoms with van der Waals surface area (Å²) in [6.07, 6.45) is 0.680. The van der Waals surface area contributed by atoms with E-state index >= 15 is 0 Å². The first-order valence-corrected chi connectivity index (χ1v) is 9.42. The van der Waals surface area contributed by atoms with Gasteiger partial charge in [-0.3, -0.25) is 0 Å². The number of benzene rings is 1. The van der Waals surface area contributed by atoms with Crippen LogP contribution in [-0.4, -0.2) is 59.2 Å². The number of hydrogen-bond donors (Lipinski definition) is 2. The summed E-state index contributed by atoms with van der Waals surface area (Å²) in [6, 6.07) is 3.39. The highest BCUT2D eigenvalue weighted by Crippen LogP contribution is 2.28. The highest BCUT2D eigenvalue weighted by Gasteiger charge is 2.17. The predicted octanol–water partition coefficient (Wildman–Crippen LogP) is 2.36. The minimum atomic E-state index is -3.74. The van der Waals surface area contributed by atoms with Crippen LogP contribution in [-0.2, 0) is 10.0 Å². The fourth-order valence-corrected chi connectivity index (χ4v) is 3.76. The lowest BCUT2D eigenvalue weighted by atomic mass is 10.3. The van der Waals surface area contributed by atoms with Crippen LogP contribution in [0.2, 0.25) is 5.02 Å². The van der Waals surface area contributed by atoms with Gasteiger partial charge in [0.2, 0.25) is 10.0 Å². The molecule has 1 heterocycles. The molecule has 0 unspecified atom stereocenters. The number of halogens is 5. The molecule has 1 saturated heterocycles. The molecule has 0 radical (unpaired) electrons. The topological polar surface area (TPSA) is 70.7 Å². The summed E-state index contributed by atoms with van der Waals surface area (Å²) in [7, 11) is -3.74. The number of ether oxygens (including phenoxy) is 1. The Morgan fingerprint density at radius 3 is 2.50 bits per heavy atom. The van der Waals surface area contributed by atoms with Crippen molar-refractivity contribution in [1.82, 2.24) is 14.9 Å². The third-order valence-electron chi connectivity index (χ3n) is 3.58. The molecule has 1 aromatic carbocycles. The molecule has 26 heavy (non-hydrogen) atoms. The lowest BCUT2D eigenvalue weighted by Crippen LogP contribution is -2.44. The molecular weight excluding hydrogens is 435 g/mol. The Hall–Kier alpha value is -0.420. The van der Waals surface area contributed by atoms with E-state index in [1.54, 1.807) is 0 Å². The van der Waals surface area contributed by atoms with Crippen LogP contribution in [0.25, 0.3) is 0 Å². The second-order valence-electron chi connectivity index (χ2n) is 5.31. The third kappa shape index (κ3) is 8.08. The second-order valence-corrected chi connectivity index (χ2v) is 7.49. The van der Waals surface area contributed by atoms with E-state index in [9.17, 15) is 17.2 Å². The molecule has 1 aromatic rings. The van der Waals surface area contributed by atoms with Crippen molar-refractivity contribution in [2.24, 2.45) is 0 Å². The Bertz CT molecular complexity index is 648. The number of nitrogens with zero attached hydrogens (tertiary/aromatic N) is 1. The van der Waals surface area contributed by atoms with Gasteiger partial charge in [-0.15, -0.1) is 24.8 Å². The molecule has 0 aromatic heterocycles. The second kappa shape index (κ2) is 12.1. The van der Waals surface area contributed by atoms with Gasteiger partial charge in [0.1, 0.15) is 5.75 Å². The van der Waals surface area contributed by atoms with Crippen molar-refractivity contribution in [3.63, 3.8) is 0 Å². The summed E-state index contributed by atoms with van der Waals surface area (Å²) >= 11 is 5.78. The van der Waals surface area contributed by atoms with E-state index in [-0.39, 0.29) is 40.5 Å². The summed E-state index contributed by atoms with van der Waals surface area (Å²) in [5, 5.41) is 3.07. The molecule has 0 saturated carbocycles. The molecular formula is C14H22Cl3F2N3O3S. The van der Waals surface area contributed by atoms with E-state index in [2.05, 4.69) is 19.7 Å². The van der Waals surface area contributed by atoms with E-state index in [0.29, 0.717) is 13.0 Å². The van der Waals surface area contributed by atoms with E-state index < -0.39 is 16.6 Å². The van der Waals surface area contributed by atoms with Crippen molar-refractivity contribution in [2.45, 2.75) is 17.9 Å². The van der Waals surface area contributed by atoms with Crippen molar-refractivity contribution in [2.75, 3.05) is 39.3 Å². The molecule has 2 N–H and O–H groups in total. The largest absolute Gasteiger partial charge is 0.433 e. The van der Waals surface area contributed by atoms with Gasteiger partial charge < -0.3 is 15.0 Å². The molecule has 1 aliphatic heterocycles. The van der Waals surface area contributed by atoms with E-state index in [1.165, 1.54) is 6.07 Å². The minimum Gasteiger partial charge on any atom is -0.433 e. The molecule has 0 spiro atoms. The molecule has 2 rings (SSSR count). The Labute approximate surface area is 169 Å². The fourth-order valence-electron chi connectivity index (χ4n) is 2.37. The summed E-state index contributed by atoms with van der Waals surface area (Å²) in [5.74, 6) is -0.260. The maximum atomic E-state index is 12.2. The Balaban J connectivity index is 0.00000312. The summed E-state index contributed by atoms with van der Waals surface area (Å²) in [5.41, 5.74) is 0. The van der Waals surface area contributed by atoms with Gasteiger partial charge in [-0.1, -0.05) is 11.6 Å². The minimum absolute atomic E-state index is 0. The average molecular weight is 457 g/mol. The maximum Gasteiger partial charge on any atom is 0.387 e. The number of alkyl halides is 2. The molecule has 0 amide bonds. The molecule has 1 aliphatic rings. The van der Waals surface area contributed by atoms with Crippen LogP contribution >= 0.6 is 36.4 Å². The Kier molecular flexibility index (Phi) is 11.9. The zero-order valence-corrected chi connectivity index (χ0v) is 17.0.